The lowest BCUT2D eigenvalue weighted by atomic mass is 10.2. The fraction of sp³-hybridized carbons (Fsp3) is 0.562. The number of sulfone groups is 1. The number of aryl methyl sites for hydroxylation is 1. The number of rotatable bonds is 7. The molecule has 1 aromatic rings. The summed E-state index contributed by atoms with van der Waals surface area (Å²) in [5, 5.41) is 0. The number of amides is 1. The summed E-state index contributed by atoms with van der Waals surface area (Å²) in [6, 6.07) is 7.17. The largest absolute Gasteiger partial charge is 0.484 e. The average molecular weight is 341 g/mol. The first-order valence-corrected chi connectivity index (χ1v) is 9.42. The molecular weight excluding hydrogens is 318 g/mol. The van der Waals surface area contributed by atoms with Crippen LogP contribution in [0.2, 0.25) is 0 Å². The van der Waals surface area contributed by atoms with E-state index >= 15 is 0 Å². The maximum atomic E-state index is 12.5. The molecule has 0 aliphatic carbocycles. The van der Waals surface area contributed by atoms with Crippen molar-refractivity contribution < 1.29 is 22.7 Å². The highest BCUT2D eigenvalue weighted by Gasteiger charge is 2.34. The SMILES string of the molecule is COCCN(C(=O)COc1cccc(C)c1)[C@@H]1CCS(=O)(=O)C1. The Morgan fingerprint density at radius 3 is 2.78 bits per heavy atom. The third-order valence-electron chi connectivity index (χ3n) is 3.86. The molecule has 0 bridgehead atoms. The van der Waals surface area contributed by atoms with Gasteiger partial charge < -0.3 is 14.4 Å². The van der Waals surface area contributed by atoms with Crippen LogP contribution in [-0.2, 0) is 19.4 Å². The van der Waals surface area contributed by atoms with Gasteiger partial charge in [0.2, 0.25) is 0 Å². The minimum atomic E-state index is -3.05. The highest BCUT2D eigenvalue weighted by atomic mass is 32.2. The van der Waals surface area contributed by atoms with E-state index in [1.807, 2.05) is 25.1 Å². The van der Waals surface area contributed by atoms with Gasteiger partial charge in [-0.2, -0.15) is 0 Å². The predicted molar refractivity (Wildman–Crippen MR) is 87.3 cm³/mol. The molecule has 1 aromatic carbocycles. The van der Waals surface area contributed by atoms with E-state index in [9.17, 15) is 13.2 Å². The molecule has 1 aliphatic rings. The summed E-state index contributed by atoms with van der Waals surface area (Å²) in [5.74, 6) is 0.565. The number of carbonyl (C=O) groups excluding carboxylic acids is 1. The van der Waals surface area contributed by atoms with Crippen LogP contribution in [0.3, 0.4) is 0 Å². The molecule has 1 amide bonds. The van der Waals surface area contributed by atoms with Crippen molar-refractivity contribution in [2.24, 2.45) is 0 Å². The quantitative estimate of drug-likeness (QED) is 0.741. The molecule has 23 heavy (non-hydrogen) atoms. The lowest BCUT2D eigenvalue weighted by Gasteiger charge is -2.28. The van der Waals surface area contributed by atoms with E-state index in [2.05, 4.69) is 0 Å². The molecule has 7 heteroatoms. The molecule has 128 valence electrons. The van der Waals surface area contributed by atoms with Crippen LogP contribution in [0, 0.1) is 6.92 Å². The van der Waals surface area contributed by atoms with E-state index in [1.165, 1.54) is 0 Å². The first-order chi connectivity index (χ1) is 10.9. The summed E-state index contributed by atoms with van der Waals surface area (Å²) < 4.78 is 33.9. The zero-order valence-electron chi connectivity index (χ0n) is 13.5. The number of carbonyl (C=O) groups is 1. The van der Waals surface area contributed by atoms with Gasteiger partial charge in [-0.05, 0) is 31.0 Å². The van der Waals surface area contributed by atoms with E-state index in [4.69, 9.17) is 9.47 Å². The molecule has 1 saturated heterocycles. The first-order valence-electron chi connectivity index (χ1n) is 7.59. The van der Waals surface area contributed by atoms with Crippen LogP contribution in [-0.4, -0.2) is 63.6 Å². The lowest BCUT2D eigenvalue weighted by Crippen LogP contribution is -2.45. The molecule has 1 heterocycles. The molecule has 0 unspecified atom stereocenters. The Morgan fingerprint density at radius 1 is 1.39 bits per heavy atom. The maximum absolute atomic E-state index is 12.5. The highest BCUT2D eigenvalue weighted by Crippen LogP contribution is 2.18. The molecule has 0 aromatic heterocycles. The van der Waals surface area contributed by atoms with Gasteiger partial charge in [0.05, 0.1) is 18.1 Å². The van der Waals surface area contributed by atoms with Gasteiger partial charge in [0.15, 0.2) is 16.4 Å². The zero-order chi connectivity index (χ0) is 16.9. The summed E-state index contributed by atoms with van der Waals surface area (Å²) in [6.07, 6.45) is 0.474. The van der Waals surface area contributed by atoms with E-state index in [0.717, 1.165) is 5.56 Å². The smallest absolute Gasteiger partial charge is 0.260 e. The molecule has 2 rings (SSSR count). The van der Waals surface area contributed by atoms with Gasteiger partial charge in [0.25, 0.3) is 5.91 Å². The van der Waals surface area contributed by atoms with Crippen molar-refractivity contribution in [3.8, 4) is 5.75 Å². The topological polar surface area (TPSA) is 72.9 Å². The molecule has 1 atom stereocenters. The van der Waals surface area contributed by atoms with Crippen LogP contribution in [0.1, 0.15) is 12.0 Å². The fourth-order valence-electron chi connectivity index (χ4n) is 2.65. The van der Waals surface area contributed by atoms with Crippen LogP contribution in [0.25, 0.3) is 0 Å². The number of hydrogen-bond acceptors (Lipinski definition) is 5. The minimum absolute atomic E-state index is 0.0207. The second-order valence-corrected chi connectivity index (χ2v) is 7.97. The lowest BCUT2D eigenvalue weighted by molar-refractivity contribution is -0.136. The second-order valence-electron chi connectivity index (χ2n) is 5.74. The van der Waals surface area contributed by atoms with Crippen molar-refractivity contribution in [3.63, 3.8) is 0 Å². The van der Waals surface area contributed by atoms with Gasteiger partial charge in [-0.3, -0.25) is 4.79 Å². The van der Waals surface area contributed by atoms with Gasteiger partial charge in [-0.15, -0.1) is 0 Å². The van der Waals surface area contributed by atoms with Gasteiger partial charge in [-0.1, -0.05) is 12.1 Å². The Bertz CT molecular complexity index is 644. The van der Waals surface area contributed by atoms with Crippen molar-refractivity contribution >= 4 is 15.7 Å². The molecule has 0 spiro atoms. The zero-order valence-corrected chi connectivity index (χ0v) is 14.3. The third-order valence-corrected chi connectivity index (χ3v) is 5.61. The normalized spacial score (nSPS) is 19.5. The Morgan fingerprint density at radius 2 is 2.17 bits per heavy atom. The molecular formula is C16H23NO5S. The maximum Gasteiger partial charge on any atom is 0.260 e. The third kappa shape index (κ3) is 5.21. The van der Waals surface area contributed by atoms with Crippen LogP contribution < -0.4 is 4.74 Å². The monoisotopic (exact) mass is 341 g/mol. The molecule has 1 aliphatic heterocycles. The number of methoxy groups -OCH3 is 1. The second kappa shape index (κ2) is 7.79. The Balaban J connectivity index is 1.99. The van der Waals surface area contributed by atoms with Crippen molar-refractivity contribution in [1.29, 1.82) is 0 Å². The fourth-order valence-corrected chi connectivity index (χ4v) is 4.39. The summed E-state index contributed by atoms with van der Waals surface area (Å²) >= 11 is 0. The number of benzene rings is 1. The van der Waals surface area contributed by atoms with Crippen molar-refractivity contribution in [1.82, 2.24) is 4.90 Å². The van der Waals surface area contributed by atoms with Crippen LogP contribution in [0.5, 0.6) is 5.75 Å². The summed E-state index contributed by atoms with van der Waals surface area (Å²) in [5.41, 5.74) is 1.05. The van der Waals surface area contributed by atoms with Crippen LogP contribution in [0.4, 0.5) is 0 Å². The van der Waals surface area contributed by atoms with E-state index in [1.54, 1.807) is 18.1 Å². The van der Waals surface area contributed by atoms with Gasteiger partial charge in [0.1, 0.15) is 5.75 Å². The summed E-state index contributed by atoms with van der Waals surface area (Å²) in [4.78, 5) is 14.0. The van der Waals surface area contributed by atoms with E-state index in [-0.39, 0.29) is 30.1 Å². The Kier molecular flexibility index (Phi) is 6.01. The molecule has 1 fully saturated rings. The number of hydrogen-bond donors (Lipinski definition) is 0. The predicted octanol–water partition coefficient (Wildman–Crippen LogP) is 1.04. The number of nitrogens with zero attached hydrogens (tertiary/aromatic N) is 1. The standard InChI is InChI=1S/C16H23NO5S/c1-13-4-3-5-15(10-13)22-11-16(18)17(7-8-21-2)14-6-9-23(19,20)12-14/h3-5,10,14H,6-9,11-12H2,1-2H3/t14-/m1/s1. The average Bonchev–Trinajstić information content (AvgIpc) is 2.85. The van der Waals surface area contributed by atoms with Gasteiger partial charge >= 0.3 is 0 Å². The Labute approximate surface area is 137 Å². The van der Waals surface area contributed by atoms with Crippen molar-refractivity contribution in [2.45, 2.75) is 19.4 Å². The minimum Gasteiger partial charge on any atom is -0.484 e. The number of ether oxygens (including phenoxy) is 2. The van der Waals surface area contributed by atoms with E-state index in [0.29, 0.717) is 25.3 Å². The molecule has 0 radical (unpaired) electrons. The Hall–Kier alpha value is -1.60. The van der Waals surface area contributed by atoms with Crippen molar-refractivity contribution in [2.75, 3.05) is 38.4 Å². The van der Waals surface area contributed by atoms with Gasteiger partial charge in [-0.25, -0.2) is 8.42 Å². The van der Waals surface area contributed by atoms with Gasteiger partial charge in [0, 0.05) is 19.7 Å². The highest BCUT2D eigenvalue weighted by molar-refractivity contribution is 7.91. The summed E-state index contributed by atoms with van der Waals surface area (Å²) in [7, 11) is -1.49. The molecule has 6 nitrogen and oxygen atoms in total. The van der Waals surface area contributed by atoms with Crippen LogP contribution in [0.15, 0.2) is 24.3 Å². The summed E-state index contributed by atoms with van der Waals surface area (Å²) in [6.45, 7) is 2.58. The first kappa shape index (κ1) is 17.7. The van der Waals surface area contributed by atoms with Crippen LogP contribution >= 0.6 is 0 Å². The van der Waals surface area contributed by atoms with E-state index < -0.39 is 9.84 Å². The van der Waals surface area contributed by atoms with Crippen molar-refractivity contribution in [3.05, 3.63) is 29.8 Å². The molecule has 0 saturated carbocycles. The molecule has 0 N–H and O–H groups in total.